The molecule has 1 aromatic carbocycles. The summed E-state index contributed by atoms with van der Waals surface area (Å²) in [5.74, 6) is 0.900. The van der Waals surface area contributed by atoms with Crippen molar-refractivity contribution >= 4 is 23.9 Å². The molecule has 2 fully saturated rings. The number of hydrogen-bond donors (Lipinski definition) is 2. The summed E-state index contributed by atoms with van der Waals surface area (Å²) in [7, 11) is 0. The fourth-order valence-electron chi connectivity index (χ4n) is 6.05. The minimum Gasteiger partial charge on any atom is -0.481 e. The zero-order valence-corrected chi connectivity index (χ0v) is 21.6. The summed E-state index contributed by atoms with van der Waals surface area (Å²) in [6.45, 7) is 6.87. The Labute approximate surface area is 219 Å². The Morgan fingerprint density at radius 1 is 1.16 bits per heavy atom. The molecular weight excluding hydrogens is 466 g/mol. The summed E-state index contributed by atoms with van der Waals surface area (Å²) in [5, 5.41) is 13.1. The number of likely N-dealkylation sites (tertiary alicyclic amines) is 1. The highest BCUT2D eigenvalue weighted by molar-refractivity contribution is 5.68. The topological polar surface area (TPSA) is 89.0 Å². The Morgan fingerprint density at radius 2 is 2.03 bits per heavy atom. The minimum atomic E-state index is -0.752. The first-order chi connectivity index (χ1) is 18.1. The molecule has 1 amide bonds. The molecule has 5 rings (SSSR count). The van der Waals surface area contributed by atoms with Crippen LogP contribution in [-0.4, -0.2) is 84.6 Å². The van der Waals surface area contributed by atoms with Crippen molar-refractivity contribution in [1.82, 2.24) is 14.8 Å². The van der Waals surface area contributed by atoms with Gasteiger partial charge in [-0.25, -0.2) is 4.98 Å². The smallest absolute Gasteiger partial charge is 0.304 e. The number of carboxylic acids is 1. The van der Waals surface area contributed by atoms with E-state index in [2.05, 4.69) is 45.4 Å². The molecule has 0 saturated carbocycles. The third-order valence-electron chi connectivity index (χ3n) is 8.20. The van der Waals surface area contributed by atoms with Crippen molar-refractivity contribution in [2.75, 3.05) is 62.6 Å². The Kier molecular flexibility index (Phi) is 8.24. The number of pyridine rings is 1. The average Bonchev–Trinajstić information content (AvgIpc) is 3.38. The number of nitrogens with zero attached hydrogens (tertiary/aromatic N) is 4. The number of piperazine rings is 1. The van der Waals surface area contributed by atoms with Gasteiger partial charge in [0.25, 0.3) is 0 Å². The Balaban J connectivity index is 1.17. The van der Waals surface area contributed by atoms with Crippen LogP contribution < -0.4 is 10.2 Å². The molecule has 2 unspecified atom stereocenters. The highest BCUT2D eigenvalue weighted by Gasteiger charge is 2.27. The summed E-state index contributed by atoms with van der Waals surface area (Å²) in [5.41, 5.74) is 4.71. The summed E-state index contributed by atoms with van der Waals surface area (Å²) in [6.07, 6.45) is 6.61. The van der Waals surface area contributed by atoms with Crippen LogP contribution in [0.15, 0.2) is 36.4 Å². The second-order valence-corrected chi connectivity index (χ2v) is 10.8. The average molecular weight is 506 g/mol. The molecule has 8 nitrogen and oxygen atoms in total. The lowest BCUT2D eigenvalue weighted by atomic mass is 9.94. The normalized spacial score (nSPS) is 20.8. The van der Waals surface area contributed by atoms with Crippen molar-refractivity contribution in [2.45, 2.75) is 44.4 Å². The number of fused-ring (bicyclic) bond motifs is 1. The molecule has 3 aliphatic heterocycles. The van der Waals surface area contributed by atoms with Crippen LogP contribution in [0.1, 0.15) is 48.4 Å². The molecule has 198 valence electrons. The molecule has 2 atom stereocenters. The lowest BCUT2D eigenvalue weighted by Gasteiger charge is -2.34. The van der Waals surface area contributed by atoms with Crippen LogP contribution in [-0.2, 0) is 22.4 Å². The molecule has 3 aliphatic rings. The maximum atomic E-state index is 11.8. The summed E-state index contributed by atoms with van der Waals surface area (Å²) in [4.78, 5) is 34.2. The van der Waals surface area contributed by atoms with Gasteiger partial charge in [-0.3, -0.25) is 9.59 Å². The third kappa shape index (κ3) is 6.60. The summed E-state index contributed by atoms with van der Waals surface area (Å²) >= 11 is 0. The van der Waals surface area contributed by atoms with E-state index < -0.39 is 5.97 Å². The first-order valence-corrected chi connectivity index (χ1v) is 13.8. The van der Waals surface area contributed by atoms with Crippen LogP contribution in [0, 0.1) is 5.92 Å². The van der Waals surface area contributed by atoms with Gasteiger partial charge in [0.15, 0.2) is 0 Å². The number of aromatic nitrogens is 1. The number of carbonyl (C=O) groups is 2. The van der Waals surface area contributed by atoms with E-state index >= 15 is 0 Å². The van der Waals surface area contributed by atoms with Crippen LogP contribution in [0.5, 0.6) is 0 Å². The molecule has 2 saturated heterocycles. The van der Waals surface area contributed by atoms with Gasteiger partial charge >= 0.3 is 5.97 Å². The highest BCUT2D eigenvalue weighted by atomic mass is 16.4. The van der Waals surface area contributed by atoms with Crippen LogP contribution in [0.3, 0.4) is 0 Å². The zero-order valence-electron chi connectivity index (χ0n) is 21.6. The third-order valence-corrected chi connectivity index (χ3v) is 8.20. The first-order valence-electron chi connectivity index (χ1n) is 13.8. The SMILES string of the molecule is O=CN1CCN(c2cccc(C(CC(=O)O)CN3CCC(CCc4ccc5c(n4)NCCC5)C3)c2)CC1. The fraction of sp³-hybridized carbons (Fsp3) is 0.552. The maximum Gasteiger partial charge on any atom is 0.304 e. The number of aliphatic carboxylic acids is 1. The van der Waals surface area contributed by atoms with Gasteiger partial charge in [-0.1, -0.05) is 18.2 Å². The van der Waals surface area contributed by atoms with Gasteiger partial charge < -0.3 is 25.1 Å². The fourth-order valence-corrected chi connectivity index (χ4v) is 6.05. The molecule has 0 radical (unpaired) electrons. The molecule has 1 aromatic heterocycles. The number of amides is 1. The van der Waals surface area contributed by atoms with Gasteiger partial charge in [0.1, 0.15) is 5.82 Å². The van der Waals surface area contributed by atoms with Gasteiger partial charge in [-0.15, -0.1) is 0 Å². The van der Waals surface area contributed by atoms with Crippen LogP contribution in [0.25, 0.3) is 0 Å². The molecule has 0 spiro atoms. The largest absolute Gasteiger partial charge is 0.481 e. The highest BCUT2D eigenvalue weighted by Crippen LogP contribution is 2.30. The van der Waals surface area contributed by atoms with Crippen molar-refractivity contribution in [3.8, 4) is 0 Å². The number of aryl methyl sites for hydroxylation is 2. The summed E-state index contributed by atoms with van der Waals surface area (Å²) < 4.78 is 0. The zero-order chi connectivity index (χ0) is 25.6. The van der Waals surface area contributed by atoms with E-state index in [1.165, 1.54) is 17.7 Å². The van der Waals surface area contributed by atoms with E-state index in [-0.39, 0.29) is 12.3 Å². The van der Waals surface area contributed by atoms with Crippen molar-refractivity contribution < 1.29 is 14.7 Å². The molecule has 2 N–H and O–H groups in total. The quantitative estimate of drug-likeness (QED) is 0.479. The van der Waals surface area contributed by atoms with Crippen LogP contribution in [0.4, 0.5) is 11.5 Å². The predicted molar refractivity (Wildman–Crippen MR) is 145 cm³/mol. The van der Waals surface area contributed by atoms with E-state index in [0.29, 0.717) is 5.92 Å². The molecule has 8 heteroatoms. The number of hydrogen-bond acceptors (Lipinski definition) is 6. The molecule has 4 heterocycles. The van der Waals surface area contributed by atoms with E-state index in [1.807, 2.05) is 6.07 Å². The molecular formula is C29H39N5O3. The second-order valence-electron chi connectivity index (χ2n) is 10.8. The van der Waals surface area contributed by atoms with E-state index in [9.17, 15) is 14.7 Å². The first kappa shape index (κ1) is 25.5. The van der Waals surface area contributed by atoms with Crippen molar-refractivity contribution in [3.05, 3.63) is 53.2 Å². The van der Waals surface area contributed by atoms with E-state index in [1.54, 1.807) is 4.90 Å². The molecule has 0 aliphatic carbocycles. The summed E-state index contributed by atoms with van der Waals surface area (Å²) in [6, 6.07) is 12.8. The van der Waals surface area contributed by atoms with Crippen molar-refractivity contribution in [1.29, 1.82) is 0 Å². The lowest BCUT2D eigenvalue weighted by Crippen LogP contribution is -2.45. The van der Waals surface area contributed by atoms with Gasteiger partial charge in [0.2, 0.25) is 6.41 Å². The Morgan fingerprint density at radius 3 is 2.84 bits per heavy atom. The Bertz CT molecular complexity index is 1080. The van der Waals surface area contributed by atoms with E-state index in [4.69, 9.17) is 4.98 Å². The lowest BCUT2D eigenvalue weighted by molar-refractivity contribution is -0.137. The monoisotopic (exact) mass is 505 g/mol. The predicted octanol–water partition coefficient (Wildman–Crippen LogP) is 3.23. The minimum absolute atomic E-state index is 0.0409. The second kappa shape index (κ2) is 11.9. The molecule has 0 bridgehead atoms. The van der Waals surface area contributed by atoms with Gasteiger partial charge in [0.05, 0.1) is 6.42 Å². The molecule has 37 heavy (non-hydrogen) atoms. The van der Waals surface area contributed by atoms with Crippen LogP contribution in [0.2, 0.25) is 0 Å². The van der Waals surface area contributed by atoms with Gasteiger partial charge in [0, 0.05) is 63.1 Å². The number of anilines is 2. The maximum absolute atomic E-state index is 11.8. The number of benzene rings is 1. The van der Waals surface area contributed by atoms with Crippen LogP contribution >= 0.6 is 0 Å². The van der Waals surface area contributed by atoms with Gasteiger partial charge in [-0.05, 0) is 73.9 Å². The number of carbonyl (C=O) groups excluding carboxylic acids is 1. The van der Waals surface area contributed by atoms with Gasteiger partial charge in [-0.2, -0.15) is 0 Å². The number of carboxylic acid groups (broad SMARTS) is 1. The van der Waals surface area contributed by atoms with E-state index in [0.717, 1.165) is 102 Å². The Hall–Kier alpha value is -3.13. The van der Waals surface area contributed by atoms with Crippen molar-refractivity contribution in [2.24, 2.45) is 5.92 Å². The number of rotatable bonds is 10. The molecule has 2 aromatic rings. The number of nitrogens with one attached hydrogen (secondary N) is 1. The standard InChI is InChI=1S/C29H39N5O3/c35-21-32-13-15-34(16-14-32)27-5-1-3-24(17-27)25(18-28(36)37)20-33-12-10-22(19-33)6-8-26-9-7-23-4-2-11-30-29(23)31-26/h1,3,5,7,9,17,21-22,25H,2,4,6,8,10-16,18-20H2,(H,30,31)(H,36,37). The van der Waals surface area contributed by atoms with Crippen molar-refractivity contribution in [3.63, 3.8) is 0 Å².